The molecule has 0 heterocycles. The molecule has 0 aliphatic rings. The molecule has 0 bridgehead atoms. The quantitative estimate of drug-likeness (QED) is 0.292. The van der Waals surface area contributed by atoms with Crippen molar-refractivity contribution in [2.45, 2.75) is 71.2 Å². The number of hydrogen-bond donors (Lipinski definition) is 0. The number of allylic oxidation sites excluding steroid dienone is 1. The van der Waals surface area contributed by atoms with Gasteiger partial charge in [-0.15, -0.1) is 6.58 Å². The molecule has 1 unspecified atom stereocenters. The zero-order valence-corrected chi connectivity index (χ0v) is 13.2. The van der Waals surface area contributed by atoms with Crippen LogP contribution in [-0.2, 0) is 4.43 Å². The van der Waals surface area contributed by atoms with Gasteiger partial charge in [-0.2, -0.15) is 0 Å². The molecular formula is C15H30OSi. The van der Waals surface area contributed by atoms with E-state index in [0.29, 0.717) is 0 Å². The van der Waals surface area contributed by atoms with E-state index in [4.69, 9.17) is 4.43 Å². The molecule has 0 aliphatic heterocycles. The third-order valence-corrected chi connectivity index (χ3v) is 8.40. The van der Waals surface area contributed by atoms with E-state index < -0.39 is 8.32 Å². The zero-order chi connectivity index (χ0) is 13.3. The average Bonchev–Trinajstić information content (AvgIpc) is 2.34. The molecule has 2 heteroatoms. The second-order valence-electron chi connectivity index (χ2n) is 4.92. The highest BCUT2D eigenvalue weighted by atomic mass is 28.4. The Balaban J connectivity index is 4.49. The fraction of sp³-hybridized carbons (Fsp3) is 0.733. The Hall–Kier alpha value is -0.343. The lowest BCUT2D eigenvalue weighted by molar-refractivity contribution is 0.208. The van der Waals surface area contributed by atoms with Gasteiger partial charge in [0.05, 0.1) is 6.10 Å². The van der Waals surface area contributed by atoms with Crippen molar-refractivity contribution >= 4 is 8.32 Å². The Morgan fingerprint density at radius 2 is 1.76 bits per heavy atom. The van der Waals surface area contributed by atoms with Crippen LogP contribution < -0.4 is 0 Å². The fourth-order valence-electron chi connectivity index (χ4n) is 2.16. The molecule has 0 saturated heterocycles. The lowest BCUT2D eigenvalue weighted by Gasteiger charge is -2.33. The molecule has 0 aromatic heterocycles. The van der Waals surface area contributed by atoms with Gasteiger partial charge in [0.2, 0.25) is 0 Å². The van der Waals surface area contributed by atoms with Gasteiger partial charge in [0.1, 0.15) is 0 Å². The molecule has 17 heavy (non-hydrogen) atoms. The summed E-state index contributed by atoms with van der Waals surface area (Å²) in [5, 5.41) is 0. The van der Waals surface area contributed by atoms with E-state index in [1.54, 1.807) is 0 Å². The third kappa shape index (κ3) is 5.69. The van der Waals surface area contributed by atoms with Crippen molar-refractivity contribution in [1.29, 1.82) is 0 Å². The summed E-state index contributed by atoms with van der Waals surface area (Å²) in [6.07, 6.45) is 5.58. The molecule has 0 N–H and O–H groups in total. The minimum Gasteiger partial charge on any atom is -0.410 e. The first-order chi connectivity index (χ1) is 8.05. The van der Waals surface area contributed by atoms with Crippen LogP contribution in [0, 0.1) is 0 Å². The Labute approximate surface area is 109 Å². The Morgan fingerprint density at radius 1 is 1.24 bits per heavy atom. The Bertz CT molecular complexity index is 223. The summed E-state index contributed by atoms with van der Waals surface area (Å²) >= 11 is 0. The van der Waals surface area contributed by atoms with Crippen molar-refractivity contribution in [1.82, 2.24) is 0 Å². The SMILES string of the molecule is C=CCCCC(O[Si](CC)(CC)CC)C(=C)C. The lowest BCUT2D eigenvalue weighted by atomic mass is 10.1. The first-order valence-electron chi connectivity index (χ1n) is 6.99. The lowest BCUT2D eigenvalue weighted by Crippen LogP contribution is -2.40. The van der Waals surface area contributed by atoms with Gasteiger partial charge in [-0.3, -0.25) is 0 Å². The highest BCUT2D eigenvalue weighted by Crippen LogP contribution is 2.27. The smallest absolute Gasteiger partial charge is 0.192 e. The average molecular weight is 254 g/mol. The molecule has 0 aromatic carbocycles. The highest BCUT2D eigenvalue weighted by molar-refractivity contribution is 6.73. The van der Waals surface area contributed by atoms with Crippen molar-refractivity contribution in [3.63, 3.8) is 0 Å². The summed E-state index contributed by atoms with van der Waals surface area (Å²) in [7, 11) is -1.49. The second kappa shape index (κ2) is 8.70. The summed E-state index contributed by atoms with van der Waals surface area (Å²) < 4.78 is 6.50. The normalized spacial score (nSPS) is 13.4. The minimum absolute atomic E-state index is 0.265. The molecule has 0 radical (unpaired) electrons. The Kier molecular flexibility index (Phi) is 8.53. The van der Waals surface area contributed by atoms with Gasteiger partial charge in [0.25, 0.3) is 0 Å². The Morgan fingerprint density at radius 3 is 2.12 bits per heavy atom. The largest absolute Gasteiger partial charge is 0.410 e. The molecule has 0 amide bonds. The standard InChI is InChI=1S/C15H30OSi/c1-7-11-12-13-15(14(5)6)16-17(8-2,9-3)10-4/h7,15H,1,5,8-13H2,2-4,6H3. The number of unbranched alkanes of at least 4 members (excludes halogenated alkanes) is 1. The van der Waals surface area contributed by atoms with E-state index >= 15 is 0 Å². The van der Waals surface area contributed by atoms with Crippen LogP contribution in [0.2, 0.25) is 18.1 Å². The van der Waals surface area contributed by atoms with Crippen LogP contribution in [0.3, 0.4) is 0 Å². The van der Waals surface area contributed by atoms with Gasteiger partial charge in [0.15, 0.2) is 8.32 Å². The maximum atomic E-state index is 6.50. The van der Waals surface area contributed by atoms with E-state index in [1.165, 1.54) is 23.7 Å². The van der Waals surface area contributed by atoms with Crippen molar-refractivity contribution in [3.05, 3.63) is 24.8 Å². The molecule has 0 spiro atoms. The zero-order valence-electron chi connectivity index (χ0n) is 12.2. The fourth-order valence-corrected chi connectivity index (χ4v) is 5.08. The van der Waals surface area contributed by atoms with E-state index in [2.05, 4.69) is 40.9 Å². The number of rotatable bonds is 10. The highest BCUT2D eigenvalue weighted by Gasteiger charge is 2.31. The second-order valence-corrected chi connectivity index (χ2v) is 9.64. The van der Waals surface area contributed by atoms with Crippen LogP contribution in [0.1, 0.15) is 47.0 Å². The molecular weight excluding hydrogens is 224 g/mol. The molecule has 0 aliphatic carbocycles. The predicted octanol–water partition coefficient (Wildman–Crippen LogP) is 5.31. The predicted molar refractivity (Wildman–Crippen MR) is 80.9 cm³/mol. The van der Waals surface area contributed by atoms with E-state index in [0.717, 1.165) is 19.3 Å². The molecule has 1 nitrogen and oxygen atoms in total. The van der Waals surface area contributed by atoms with Gasteiger partial charge in [0, 0.05) is 0 Å². The summed E-state index contributed by atoms with van der Waals surface area (Å²) in [6, 6.07) is 3.64. The minimum atomic E-state index is -1.49. The maximum Gasteiger partial charge on any atom is 0.192 e. The first kappa shape index (κ1) is 16.7. The summed E-state index contributed by atoms with van der Waals surface area (Å²) in [5.41, 5.74) is 1.18. The number of hydrogen-bond acceptors (Lipinski definition) is 1. The monoisotopic (exact) mass is 254 g/mol. The van der Waals surface area contributed by atoms with E-state index in [1.807, 2.05) is 6.08 Å². The van der Waals surface area contributed by atoms with Crippen molar-refractivity contribution in [3.8, 4) is 0 Å². The molecule has 0 fully saturated rings. The maximum absolute atomic E-state index is 6.50. The van der Waals surface area contributed by atoms with Gasteiger partial charge in [-0.25, -0.2) is 0 Å². The van der Waals surface area contributed by atoms with Gasteiger partial charge < -0.3 is 4.43 Å². The molecule has 1 atom stereocenters. The molecule has 0 rings (SSSR count). The third-order valence-electron chi connectivity index (χ3n) is 3.75. The van der Waals surface area contributed by atoms with Crippen molar-refractivity contribution in [2.24, 2.45) is 0 Å². The van der Waals surface area contributed by atoms with Crippen molar-refractivity contribution < 1.29 is 4.43 Å². The molecule has 0 aromatic rings. The summed E-state index contributed by atoms with van der Waals surface area (Å²) in [6.45, 7) is 16.8. The molecule has 100 valence electrons. The van der Waals surface area contributed by atoms with Gasteiger partial charge in [-0.05, 0) is 44.3 Å². The molecule has 0 saturated carbocycles. The first-order valence-corrected chi connectivity index (χ1v) is 9.52. The van der Waals surface area contributed by atoms with E-state index in [9.17, 15) is 0 Å². The van der Waals surface area contributed by atoms with Gasteiger partial charge >= 0.3 is 0 Å². The van der Waals surface area contributed by atoms with Crippen LogP contribution in [-0.4, -0.2) is 14.4 Å². The van der Waals surface area contributed by atoms with E-state index in [-0.39, 0.29) is 6.10 Å². The topological polar surface area (TPSA) is 9.23 Å². The van der Waals surface area contributed by atoms with Crippen LogP contribution in [0.4, 0.5) is 0 Å². The van der Waals surface area contributed by atoms with Gasteiger partial charge in [-0.1, -0.05) is 39.0 Å². The van der Waals surface area contributed by atoms with Crippen LogP contribution in [0.15, 0.2) is 24.8 Å². The summed E-state index contributed by atoms with van der Waals surface area (Å²) in [4.78, 5) is 0. The van der Waals surface area contributed by atoms with Crippen molar-refractivity contribution in [2.75, 3.05) is 0 Å². The summed E-state index contributed by atoms with van der Waals surface area (Å²) in [5.74, 6) is 0. The van der Waals surface area contributed by atoms with Crippen LogP contribution >= 0.6 is 0 Å². The van der Waals surface area contributed by atoms with Crippen LogP contribution in [0.25, 0.3) is 0 Å². The van der Waals surface area contributed by atoms with Crippen LogP contribution in [0.5, 0.6) is 0 Å².